The van der Waals surface area contributed by atoms with Gasteiger partial charge in [0.1, 0.15) is 11.8 Å². The van der Waals surface area contributed by atoms with Crippen molar-refractivity contribution in [3.63, 3.8) is 0 Å². The molecule has 0 saturated heterocycles. The molecule has 0 spiro atoms. The SMILES string of the molecule is CCC(C(=O)Nc1ccc(O)cc1)n1nnc2sc(-c3ccccc3)cc2c1=O. The van der Waals surface area contributed by atoms with Gasteiger partial charge < -0.3 is 10.4 Å². The number of nitrogens with zero attached hydrogens (tertiary/aromatic N) is 3. The van der Waals surface area contributed by atoms with E-state index in [1.54, 1.807) is 18.2 Å². The highest BCUT2D eigenvalue weighted by atomic mass is 32.1. The number of benzene rings is 2. The van der Waals surface area contributed by atoms with Crippen molar-refractivity contribution in [2.45, 2.75) is 19.4 Å². The quantitative estimate of drug-likeness (QED) is 0.491. The Hall–Kier alpha value is -3.52. The van der Waals surface area contributed by atoms with Crippen LogP contribution >= 0.6 is 11.3 Å². The van der Waals surface area contributed by atoms with E-state index < -0.39 is 6.04 Å². The van der Waals surface area contributed by atoms with Gasteiger partial charge in [0.25, 0.3) is 5.56 Å². The molecule has 2 N–H and O–H groups in total. The second-order valence-electron chi connectivity index (χ2n) is 6.49. The molecule has 0 saturated carbocycles. The summed E-state index contributed by atoms with van der Waals surface area (Å²) in [6.45, 7) is 1.81. The van der Waals surface area contributed by atoms with Gasteiger partial charge in [0.05, 0.1) is 5.39 Å². The number of nitrogens with one attached hydrogen (secondary N) is 1. The molecule has 0 aliphatic heterocycles. The van der Waals surface area contributed by atoms with Gasteiger partial charge in [0, 0.05) is 10.6 Å². The van der Waals surface area contributed by atoms with Crippen LogP contribution in [0, 0.1) is 0 Å². The second kappa shape index (κ2) is 7.84. The van der Waals surface area contributed by atoms with Crippen molar-refractivity contribution < 1.29 is 9.90 Å². The van der Waals surface area contributed by atoms with Crippen LogP contribution in [-0.2, 0) is 4.79 Å². The Bertz CT molecular complexity index is 1220. The largest absolute Gasteiger partial charge is 0.508 e. The molecule has 1 atom stereocenters. The number of aromatic nitrogens is 3. The van der Waals surface area contributed by atoms with Gasteiger partial charge >= 0.3 is 0 Å². The molecule has 146 valence electrons. The van der Waals surface area contributed by atoms with E-state index >= 15 is 0 Å². The van der Waals surface area contributed by atoms with Gasteiger partial charge in [-0.2, -0.15) is 4.68 Å². The summed E-state index contributed by atoms with van der Waals surface area (Å²) in [7, 11) is 0. The molecule has 1 unspecified atom stereocenters. The zero-order chi connectivity index (χ0) is 20.4. The number of hydrogen-bond donors (Lipinski definition) is 2. The minimum Gasteiger partial charge on any atom is -0.508 e. The molecule has 2 heterocycles. The Morgan fingerprint density at radius 3 is 2.59 bits per heavy atom. The van der Waals surface area contributed by atoms with E-state index in [2.05, 4.69) is 15.6 Å². The number of carbonyl (C=O) groups is 1. The zero-order valence-electron chi connectivity index (χ0n) is 15.6. The summed E-state index contributed by atoms with van der Waals surface area (Å²) < 4.78 is 1.14. The maximum absolute atomic E-state index is 13.0. The predicted molar refractivity (Wildman–Crippen MR) is 113 cm³/mol. The summed E-state index contributed by atoms with van der Waals surface area (Å²) in [5, 5.41) is 20.8. The maximum atomic E-state index is 13.0. The number of anilines is 1. The molecule has 7 nitrogen and oxygen atoms in total. The molecule has 0 aliphatic rings. The lowest BCUT2D eigenvalue weighted by Crippen LogP contribution is -2.35. The molecule has 29 heavy (non-hydrogen) atoms. The Kier molecular flexibility index (Phi) is 5.09. The molecular weight excluding hydrogens is 388 g/mol. The molecule has 4 rings (SSSR count). The third kappa shape index (κ3) is 3.74. The van der Waals surface area contributed by atoms with Crippen molar-refractivity contribution in [2.24, 2.45) is 0 Å². The van der Waals surface area contributed by atoms with E-state index in [9.17, 15) is 14.7 Å². The number of hydrogen-bond acceptors (Lipinski definition) is 6. The van der Waals surface area contributed by atoms with Crippen LogP contribution in [0.25, 0.3) is 20.7 Å². The van der Waals surface area contributed by atoms with E-state index in [1.165, 1.54) is 23.5 Å². The van der Waals surface area contributed by atoms with Crippen LogP contribution in [0.5, 0.6) is 5.75 Å². The summed E-state index contributed by atoms with van der Waals surface area (Å²) in [5.41, 5.74) is 1.18. The minimum absolute atomic E-state index is 0.106. The summed E-state index contributed by atoms with van der Waals surface area (Å²) in [6.07, 6.45) is 0.375. The fourth-order valence-corrected chi connectivity index (χ4v) is 4.02. The van der Waals surface area contributed by atoms with E-state index in [1.807, 2.05) is 37.3 Å². The maximum Gasteiger partial charge on any atom is 0.279 e. The molecule has 2 aromatic carbocycles. The summed E-state index contributed by atoms with van der Waals surface area (Å²) in [6, 6.07) is 16.9. The molecular formula is C21H18N4O3S. The van der Waals surface area contributed by atoms with Gasteiger partial charge in [0.2, 0.25) is 5.91 Å². The van der Waals surface area contributed by atoms with E-state index in [0.717, 1.165) is 15.1 Å². The first-order chi connectivity index (χ1) is 14.1. The van der Waals surface area contributed by atoms with Gasteiger partial charge in [-0.1, -0.05) is 42.5 Å². The molecule has 8 heteroatoms. The smallest absolute Gasteiger partial charge is 0.279 e. The van der Waals surface area contributed by atoms with Gasteiger partial charge in [0.15, 0.2) is 4.83 Å². The molecule has 0 radical (unpaired) electrons. The van der Waals surface area contributed by atoms with Crippen molar-refractivity contribution in [1.82, 2.24) is 15.0 Å². The molecule has 1 amide bonds. The van der Waals surface area contributed by atoms with E-state index in [4.69, 9.17) is 0 Å². The number of amides is 1. The lowest BCUT2D eigenvalue weighted by molar-refractivity contribution is -0.119. The van der Waals surface area contributed by atoms with Crippen LogP contribution < -0.4 is 10.9 Å². The Labute approximate surface area is 170 Å². The normalized spacial score (nSPS) is 12.0. The Morgan fingerprint density at radius 1 is 1.17 bits per heavy atom. The van der Waals surface area contributed by atoms with Crippen molar-refractivity contribution in [2.75, 3.05) is 5.32 Å². The minimum atomic E-state index is -0.798. The predicted octanol–water partition coefficient (Wildman–Crippen LogP) is 3.82. The van der Waals surface area contributed by atoms with Gasteiger partial charge in [-0.05, 0) is 42.3 Å². The lowest BCUT2D eigenvalue weighted by Gasteiger charge is -2.16. The fraction of sp³-hybridized carbons (Fsp3) is 0.143. The first kappa shape index (κ1) is 18.8. The number of aromatic hydroxyl groups is 1. The number of rotatable bonds is 5. The van der Waals surface area contributed by atoms with Gasteiger partial charge in [-0.3, -0.25) is 9.59 Å². The fourth-order valence-electron chi connectivity index (χ4n) is 3.05. The third-order valence-corrected chi connectivity index (χ3v) is 5.63. The molecule has 0 fully saturated rings. The lowest BCUT2D eigenvalue weighted by atomic mass is 10.2. The highest BCUT2D eigenvalue weighted by molar-refractivity contribution is 7.21. The molecule has 4 aromatic rings. The van der Waals surface area contributed by atoms with Crippen molar-refractivity contribution in [3.05, 3.63) is 71.0 Å². The summed E-state index contributed by atoms with van der Waals surface area (Å²) >= 11 is 1.39. The monoisotopic (exact) mass is 406 g/mol. The number of thiophene rings is 1. The van der Waals surface area contributed by atoms with E-state index in [0.29, 0.717) is 22.3 Å². The number of fused-ring (bicyclic) bond motifs is 1. The van der Waals surface area contributed by atoms with Crippen molar-refractivity contribution >= 4 is 33.1 Å². The van der Waals surface area contributed by atoms with Gasteiger partial charge in [-0.15, -0.1) is 16.4 Å². The average molecular weight is 406 g/mol. The average Bonchev–Trinajstić information content (AvgIpc) is 3.18. The zero-order valence-corrected chi connectivity index (χ0v) is 16.4. The number of phenolic OH excluding ortho intramolecular Hbond substituents is 1. The first-order valence-electron chi connectivity index (χ1n) is 9.11. The van der Waals surface area contributed by atoms with Crippen LogP contribution in [0.1, 0.15) is 19.4 Å². The molecule has 0 bridgehead atoms. The third-order valence-electron chi connectivity index (χ3n) is 4.56. The highest BCUT2D eigenvalue weighted by Gasteiger charge is 2.23. The number of phenols is 1. The van der Waals surface area contributed by atoms with E-state index in [-0.39, 0.29) is 17.2 Å². The Balaban J connectivity index is 1.68. The summed E-state index contributed by atoms with van der Waals surface area (Å²) in [4.78, 5) is 27.2. The summed E-state index contributed by atoms with van der Waals surface area (Å²) in [5.74, 6) is -0.262. The first-order valence-corrected chi connectivity index (χ1v) is 9.93. The molecule has 0 aliphatic carbocycles. The highest BCUT2D eigenvalue weighted by Crippen LogP contribution is 2.30. The van der Waals surface area contributed by atoms with Crippen LogP contribution in [0.3, 0.4) is 0 Å². The van der Waals surface area contributed by atoms with Crippen LogP contribution in [0.15, 0.2) is 65.5 Å². The topological polar surface area (TPSA) is 97.1 Å². The van der Waals surface area contributed by atoms with Crippen LogP contribution in [-0.4, -0.2) is 26.0 Å². The van der Waals surface area contributed by atoms with Crippen LogP contribution in [0.4, 0.5) is 5.69 Å². The Morgan fingerprint density at radius 2 is 1.90 bits per heavy atom. The van der Waals surface area contributed by atoms with Crippen molar-refractivity contribution in [1.29, 1.82) is 0 Å². The van der Waals surface area contributed by atoms with Crippen molar-refractivity contribution in [3.8, 4) is 16.2 Å². The molecule has 2 aromatic heterocycles. The standard InChI is InChI=1S/C21H18N4O3S/c1-2-17(19(27)22-14-8-10-15(26)11-9-14)25-21(28)16-12-18(29-20(16)23-24-25)13-6-4-3-5-7-13/h3-12,17,26H,2H2,1H3,(H,22,27). The second-order valence-corrected chi connectivity index (χ2v) is 7.53. The van der Waals surface area contributed by atoms with Gasteiger partial charge in [-0.25, -0.2) is 0 Å². The van der Waals surface area contributed by atoms with Crippen LogP contribution in [0.2, 0.25) is 0 Å². The number of carbonyl (C=O) groups excluding carboxylic acids is 1.